The maximum Gasteiger partial charge on any atom is 0.272 e. The molecule has 164 valence electrons. The third-order valence-corrected chi connectivity index (χ3v) is 6.77. The van der Waals surface area contributed by atoms with E-state index in [1.54, 1.807) is 0 Å². The van der Waals surface area contributed by atoms with Crippen molar-refractivity contribution in [2.45, 2.75) is 38.1 Å². The SMILES string of the molecule is O=C(NCc1cccc(N2CCCC2)n1)c1nn(-c2ccc(F)cc2F)c2c1C[C@H]1C[C@@H]21. The molecule has 1 saturated heterocycles. The predicted molar refractivity (Wildman–Crippen MR) is 115 cm³/mol. The van der Waals surface area contributed by atoms with Gasteiger partial charge in [0.05, 0.1) is 17.9 Å². The number of hydrogen-bond acceptors (Lipinski definition) is 4. The van der Waals surface area contributed by atoms with E-state index in [0.29, 0.717) is 24.1 Å². The maximum absolute atomic E-state index is 14.5. The van der Waals surface area contributed by atoms with Crippen LogP contribution in [0.3, 0.4) is 0 Å². The van der Waals surface area contributed by atoms with Gasteiger partial charge in [-0.1, -0.05) is 6.07 Å². The minimum absolute atomic E-state index is 0.175. The number of nitrogens with zero attached hydrogens (tertiary/aromatic N) is 4. The highest BCUT2D eigenvalue weighted by Crippen LogP contribution is 2.57. The number of aromatic nitrogens is 3. The number of hydrogen-bond donors (Lipinski definition) is 1. The van der Waals surface area contributed by atoms with Gasteiger partial charge in [0.1, 0.15) is 17.3 Å². The molecule has 3 aliphatic rings. The Morgan fingerprint density at radius 1 is 1.16 bits per heavy atom. The Bertz CT molecular complexity index is 1220. The molecule has 2 atom stereocenters. The second-order valence-electron chi connectivity index (χ2n) is 8.89. The molecule has 0 radical (unpaired) electrons. The van der Waals surface area contributed by atoms with Gasteiger partial charge < -0.3 is 10.2 Å². The van der Waals surface area contributed by atoms with E-state index in [0.717, 1.165) is 54.8 Å². The zero-order chi connectivity index (χ0) is 21.8. The van der Waals surface area contributed by atoms with Gasteiger partial charge >= 0.3 is 0 Å². The van der Waals surface area contributed by atoms with Gasteiger partial charge in [0, 0.05) is 30.6 Å². The largest absolute Gasteiger partial charge is 0.357 e. The van der Waals surface area contributed by atoms with Crippen LogP contribution in [0.4, 0.5) is 14.6 Å². The van der Waals surface area contributed by atoms with Gasteiger partial charge in [-0.25, -0.2) is 18.4 Å². The van der Waals surface area contributed by atoms with E-state index < -0.39 is 11.6 Å². The fourth-order valence-electron chi connectivity index (χ4n) is 5.08. The highest BCUT2D eigenvalue weighted by atomic mass is 19.1. The molecule has 2 aliphatic carbocycles. The van der Waals surface area contributed by atoms with E-state index in [9.17, 15) is 13.6 Å². The van der Waals surface area contributed by atoms with Gasteiger partial charge in [-0.2, -0.15) is 5.10 Å². The first-order valence-corrected chi connectivity index (χ1v) is 11.1. The van der Waals surface area contributed by atoms with E-state index in [-0.39, 0.29) is 11.6 Å². The second kappa shape index (κ2) is 7.39. The number of carbonyl (C=O) groups is 1. The van der Waals surface area contributed by atoms with Crippen LogP contribution in [0.2, 0.25) is 0 Å². The predicted octanol–water partition coefficient (Wildman–Crippen LogP) is 3.74. The molecular weight excluding hydrogens is 412 g/mol. The summed E-state index contributed by atoms with van der Waals surface area (Å²) >= 11 is 0. The van der Waals surface area contributed by atoms with Crippen molar-refractivity contribution >= 4 is 11.7 Å². The van der Waals surface area contributed by atoms with Gasteiger partial charge in [0.2, 0.25) is 0 Å². The summed E-state index contributed by atoms with van der Waals surface area (Å²) in [6.45, 7) is 2.31. The molecule has 1 aliphatic heterocycles. The summed E-state index contributed by atoms with van der Waals surface area (Å²) in [7, 11) is 0. The molecule has 0 unspecified atom stereocenters. The topological polar surface area (TPSA) is 63.1 Å². The Balaban J connectivity index is 1.25. The zero-order valence-corrected chi connectivity index (χ0v) is 17.5. The van der Waals surface area contributed by atoms with E-state index >= 15 is 0 Å². The molecule has 0 spiro atoms. The molecule has 8 heteroatoms. The average molecular weight is 435 g/mol. The summed E-state index contributed by atoms with van der Waals surface area (Å²) in [5.41, 5.74) is 3.05. The molecule has 3 aromatic rings. The number of rotatable bonds is 5. The van der Waals surface area contributed by atoms with E-state index in [2.05, 4.69) is 20.3 Å². The Labute approximate surface area is 184 Å². The van der Waals surface area contributed by atoms with Crippen LogP contribution >= 0.6 is 0 Å². The number of amides is 1. The van der Waals surface area contributed by atoms with Crippen molar-refractivity contribution in [1.82, 2.24) is 20.1 Å². The molecule has 32 heavy (non-hydrogen) atoms. The minimum Gasteiger partial charge on any atom is -0.357 e. The normalized spacial score (nSPS) is 20.9. The van der Waals surface area contributed by atoms with Crippen LogP contribution in [0.1, 0.15) is 52.6 Å². The van der Waals surface area contributed by atoms with Gasteiger partial charge in [0.25, 0.3) is 5.91 Å². The lowest BCUT2D eigenvalue weighted by atomic mass is 10.1. The van der Waals surface area contributed by atoms with Crippen LogP contribution in [0.5, 0.6) is 0 Å². The second-order valence-corrected chi connectivity index (χ2v) is 8.89. The van der Waals surface area contributed by atoms with Gasteiger partial charge in [0.15, 0.2) is 11.5 Å². The van der Waals surface area contributed by atoms with Gasteiger partial charge in [-0.05, 0) is 55.9 Å². The lowest BCUT2D eigenvalue weighted by Gasteiger charge is -2.17. The summed E-state index contributed by atoms with van der Waals surface area (Å²) in [5.74, 6) is 0.101. The van der Waals surface area contributed by atoms with E-state index in [1.165, 1.54) is 29.7 Å². The smallest absolute Gasteiger partial charge is 0.272 e. The highest BCUT2D eigenvalue weighted by Gasteiger charge is 2.50. The Kier molecular flexibility index (Phi) is 4.48. The molecule has 6 rings (SSSR count). The summed E-state index contributed by atoms with van der Waals surface area (Å²) in [6.07, 6.45) is 4.14. The van der Waals surface area contributed by atoms with Gasteiger partial charge in [-0.3, -0.25) is 4.79 Å². The fourth-order valence-corrected chi connectivity index (χ4v) is 5.08. The first-order chi connectivity index (χ1) is 15.6. The third kappa shape index (κ3) is 3.25. The fraction of sp³-hybridized carbons (Fsp3) is 0.375. The summed E-state index contributed by atoms with van der Waals surface area (Å²) in [6, 6.07) is 9.29. The van der Waals surface area contributed by atoms with Crippen LogP contribution in [-0.4, -0.2) is 33.8 Å². The van der Waals surface area contributed by atoms with Crippen LogP contribution < -0.4 is 10.2 Å². The zero-order valence-electron chi connectivity index (χ0n) is 17.5. The lowest BCUT2D eigenvalue weighted by molar-refractivity contribution is 0.0944. The van der Waals surface area contributed by atoms with Crippen molar-refractivity contribution in [2.24, 2.45) is 5.92 Å². The number of pyridine rings is 1. The molecule has 1 aromatic carbocycles. The number of benzene rings is 1. The maximum atomic E-state index is 14.5. The van der Waals surface area contributed by atoms with E-state index in [4.69, 9.17) is 0 Å². The molecule has 0 bridgehead atoms. The van der Waals surface area contributed by atoms with Crippen molar-refractivity contribution in [1.29, 1.82) is 0 Å². The Hall–Kier alpha value is -3.29. The molecular formula is C24H23F2N5O. The number of carbonyl (C=O) groups excluding carboxylic acids is 1. The molecule has 1 amide bonds. The summed E-state index contributed by atoms with van der Waals surface area (Å²) < 4.78 is 29.4. The van der Waals surface area contributed by atoms with Crippen LogP contribution in [0.25, 0.3) is 5.69 Å². The molecule has 1 N–H and O–H groups in total. The standard InChI is InChI=1S/C24H23F2N5O/c25-15-6-7-20(19(26)12-15)31-23-17-10-14(17)11-18(23)22(29-31)24(32)27-13-16-4-3-5-21(28-16)30-8-1-2-9-30/h3-7,12,14,17H,1-2,8-11,13H2,(H,27,32)/t14-,17-/m1/s1. The minimum atomic E-state index is -0.686. The lowest BCUT2D eigenvalue weighted by Crippen LogP contribution is -2.26. The van der Waals surface area contributed by atoms with Crippen molar-refractivity contribution < 1.29 is 13.6 Å². The highest BCUT2D eigenvalue weighted by molar-refractivity contribution is 5.94. The molecule has 6 nitrogen and oxygen atoms in total. The number of fused-ring (bicyclic) bond motifs is 3. The van der Waals surface area contributed by atoms with Crippen LogP contribution in [-0.2, 0) is 13.0 Å². The molecule has 2 fully saturated rings. The summed E-state index contributed by atoms with van der Waals surface area (Å²) in [4.78, 5) is 20.0. The monoisotopic (exact) mass is 435 g/mol. The van der Waals surface area contributed by atoms with Gasteiger partial charge in [-0.15, -0.1) is 0 Å². The molecule has 1 saturated carbocycles. The molecule has 3 heterocycles. The summed E-state index contributed by atoms with van der Waals surface area (Å²) in [5, 5.41) is 7.41. The number of halogens is 2. The Morgan fingerprint density at radius 2 is 2.00 bits per heavy atom. The van der Waals surface area contributed by atoms with Crippen molar-refractivity contribution in [2.75, 3.05) is 18.0 Å². The van der Waals surface area contributed by atoms with E-state index in [1.807, 2.05) is 18.2 Å². The third-order valence-electron chi connectivity index (χ3n) is 6.77. The van der Waals surface area contributed by atoms with Crippen molar-refractivity contribution in [3.63, 3.8) is 0 Å². The first kappa shape index (κ1) is 19.4. The average Bonchev–Trinajstić information content (AvgIpc) is 3.16. The number of anilines is 1. The van der Waals surface area contributed by atoms with Crippen molar-refractivity contribution in [3.8, 4) is 5.69 Å². The first-order valence-electron chi connectivity index (χ1n) is 11.1. The van der Waals surface area contributed by atoms with Crippen LogP contribution in [0.15, 0.2) is 36.4 Å². The van der Waals surface area contributed by atoms with Crippen LogP contribution in [0, 0.1) is 17.6 Å². The Morgan fingerprint density at radius 3 is 2.81 bits per heavy atom. The van der Waals surface area contributed by atoms with Crippen molar-refractivity contribution in [3.05, 3.63) is 70.7 Å². The number of nitrogens with one attached hydrogen (secondary N) is 1. The quantitative estimate of drug-likeness (QED) is 0.663. The molecule has 2 aromatic heterocycles.